The van der Waals surface area contributed by atoms with E-state index >= 15 is 0 Å². The van der Waals surface area contributed by atoms with E-state index in [1.165, 1.54) is 17.5 Å². The third-order valence-corrected chi connectivity index (χ3v) is 8.75. The summed E-state index contributed by atoms with van der Waals surface area (Å²) < 4.78 is 42.9. The number of piperidine rings is 1. The first-order valence-corrected chi connectivity index (χ1v) is 13.0. The maximum Gasteiger partial charge on any atom is 0.125 e. The summed E-state index contributed by atoms with van der Waals surface area (Å²) in [5, 5.41) is 11.8. The largest absolute Gasteiger partial charge is 0.508 e. The standard InChI is InChI=1S/C25H31FN2O4S/c1-18-16-25(10-13-33(30,31)28(25)21-5-2-4-20(26)15-21)9-11-27(18)17-19-7-8-23(29)22(14-19)24-6-3-12-32-24/h2,4-5,7-8,10,13-15,18,24,29-31H,3,6,9,11-12,16-17H2,1H3/t18-,24?,25-/m0/s1. The van der Waals surface area contributed by atoms with Crippen molar-refractivity contribution in [2.75, 3.05) is 17.5 Å². The summed E-state index contributed by atoms with van der Waals surface area (Å²) in [4.78, 5) is 2.37. The quantitative estimate of drug-likeness (QED) is 0.520. The minimum atomic E-state index is -3.16. The molecule has 3 atom stereocenters. The Morgan fingerprint density at radius 3 is 2.79 bits per heavy atom. The minimum absolute atomic E-state index is 0.0411. The molecule has 8 heteroatoms. The number of aromatic hydroxyl groups is 1. The van der Waals surface area contributed by atoms with Crippen molar-refractivity contribution in [3.05, 3.63) is 70.9 Å². The van der Waals surface area contributed by atoms with Gasteiger partial charge in [0, 0.05) is 36.7 Å². The number of benzene rings is 2. The van der Waals surface area contributed by atoms with Crippen LogP contribution in [0.4, 0.5) is 10.1 Å². The van der Waals surface area contributed by atoms with Crippen molar-refractivity contribution < 1.29 is 23.3 Å². The topological polar surface area (TPSA) is 76.4 Å². The summed E-state index contributed by atoms with van der Waals surface area (Å²) in [5.41, 5.74) is 1.89. The summed E-state index contributed by atoms with van der Waals surface area (Å²) in [5.74, 6) is -0.118. The predicted molar refractivity (Wildman–Crippen MR) is 129 cm³/mol. The van der Waals surface area contributed by atoms with Gasteiger partial charge in [-0.15, -0.1) is 0 Å². The number of phenols is 1. The number of anilines is 1. The fourth-order valence-corrected chi connectivity index (χ4v) is 7.26. The van der Waals surface area contributed by atoms with Gasteiger partial charge in [0.2, 0.25) is 0 Å². The molecule has 0 aromatic heterocycles. The fourth-order valence-electron chi connectivity index (χ4n) is 5.52. The van der Waals surface area contributed by atoms with E-state index in [1.54, 1.807) is 22.5 Å². The summed E-state index contributed by atoms with van der Waals surface area (Å²) in [6.07, 6.45) is 5.17. The summed E-state index contributed by atoms with van der Waals surface area (Å²) in [7, 11) is -3.16. The van der Waals surface area contributed by atoms with Gasteiger partial charge in [-0.1, -0.05) is 22.9 Å². The first-order valence-electron chi connectivity index (χ1n) is 11.5. The number of nitrogens with zero attached hydrogens (tertiary/aromatic N) is 2. The Morgan fingerprint density at radius 2 is 2.06 bits per heavy atom. The molecule has 6 nitrogen and oxygen atoms in total. The van der Waals surface area contributed by atoms with Crippen molar-refractivity contribution in [2.24, 2.45) is 0 Å². The van der Waals surface area contributed by atoms with E-state index in [9.17, 15) is 18.6 Å². The molecule has 2 fully saturated rings. The Kier molecular flexibility index (Phi) is 5.91. The van der Waals surface area contributed by atoms with E-state index in [0.29, 0.717) is 18.5 Å². The zero-order valence-electron chi connectivity index (χ0n) is 18.7. The molecule has 3 aliphatic rings. The maximum absolute atomic E-state index is 13.9. The van der Waals surface area contributed by atoms with E-state index in [1.807, 2.05) is 18.2 Å². The molecule has 2 aromatic carbocycles. The van der Waals surface area contributed by atoms with Crippen LogP contribution in [0.15, 0.2) is 53.9 Å². The lowest BCUT2D eigenvalue weighted by atomic mass is 9.83. The molecule has 1 spiro atoms. The number of halogens is 1. The van der Waals surface area contributed by atoms with Gasteiger partial charge >= 0.3 is 0 Å². The average Bonchev–Trinajstić information content (AvgIpc) is 3.38. The van der Waals surface area contributed by atoms with Crippen molar-refractivity contribution in [1.82, 2.24) is 4.90 Å². The molecule has 2 saturated heterocycles. The van der Waals surface area contributed by atoms with Gasteiger partial charge in [0.25, 0.3) is 0 Å². The van der Waals surface area contributed by atoms with Crippen LogP contribution >= 0.6 is 10.8 Å². The van der Waals surface area contributed by atoms with Crippen LogP contribution in [0.3, 0.4) is 0 Å². The lowest BCUT2D eigenvalue weighted by Crippen LogP contribution is -2.55. The van der Waals surface area contributed by atoms with Gasteiger partial charge in [-0.3, -0.25) is 18.3 Å². The maximum atomic E-state index is 13.9. The highest BCUT2D eigenvalue weighted by atomic mass is 32.3. The summed E-state index contributed by atoms with van der Waals surface area (Å²) in [6, 6.07) is 12.0. The third kappa shape index (κ3) is 4.26. The van der Waals surface area contributed by atoms with Gasteiger partial charge in [0.1, 0.15) is 11.6 Å². The molecule has 33 heavy (non-hydrogen) atoms. The first kappa shape index (κ1) is 22.7. The van der Waals surface area contributed by atoms with E-state index in [-0.39, 0.29) is 17.9 Å². The fraction of sp³-hybridized carbons (Fsp3) is 0.440. The Bertz CT molecular complexity index is 1060. The molecule has 0 saturated carbocycles. The van der Waals surface area contributed by atoms with E-state index in [0.717, 1.165) is 43.7 Å². The van der Waals surface area contributed by atoms with E-state index in [2.05, 4.69) is 11.8 Å². The monoisotopic (exact) mass is 474 g/mol. The minimum Gasteiger partial charge on any atom is -0.508 e. The average molecular weight is 475 g/mol. The zero-order chi connectivity index (χ0) is 23.2. The SMILES string of the molecule is C[C@H]1C[C@@]2(C=CS(O)(O)N2c2cccc(F)c2)CCN1Cc1ccc(O)c(C2CCCO2)c1. The molecule has 2 aromatic rings. The number of hydrogen-bond donors (Lipinski definition) is 3. The molecule has 0 amide bonds. The first-order chi connectivity index (χ1) is 15.8. The second-order valence-electron chi connectivity index (χ2n) is 9.41. The van der Waals surface area contributed by atoms with E-state index in [4.69, 9.17) is 4.74 Å². The summed E-state index contributed by atoms with van der Waals surface area (Å²) in [6.45, 7) is 4.36. The highest BCUT2D eigenvalue weighted by Crippen LogP contribution is 2.60. The highest BCUT2D eigenvalue weighted by molar-refractivity contribution is 8.28. The molecule has 0 radical (unpaired) electrons. The number of likely N-dealkylation sites (tertiary alicyclic amines) is 1. The van der Waals surface area contributed by atoms with Crippen LogP contribution in [0.2, 0.25) is 0 Å². The van der Waals surface area contributed by atoms with Crippen LogP contribution in [0, 0.1) is 5.82 Å². The number of rotatable bonds is 4. The molecule has 0 aliphatic carbocycles. The molecule has 3 N–H and O–H groups in total. The van der Waals surface area contributed by atoms with Crippen LogP contribution in [-0.4, -0.2) is 43.8 Å². The Balaban J connectivity index is 1.35. The Hall–Kier alpha value is -2.10. The van der Waals surface area contributed by atoms with Crippen LogP contribution in [0.25, 0.3) is 0 Å². The predicted octanol–water partition coefficient (Wildman–Crippen LogP) is 5.81. The van der Waals surface area contributed by atoms with Gasteiger partial charge in [-0.2, -0.15) is 0 Å². The van der Waals surface area contributed by atoms with Crippen LogP contribution in [0.1, 0.15) is 49.8 Å². The molecule has 178 valence electrons. The van der Waals surface area contributed by atoms with Crippen molar-refractivity contribution in [3.8, 4) is 5.75 Å². The normalized spacial score (nSPS) is 30.2. The lowest BCUT2D eigenvalue weighted by molar-refractivity contribution is 0.108. The molecular formula is C25H31FN2O4S. The summed E-state index contributed by atoms with van der Waals surface area (Å²) >= 11 is 0. The highest BCUT2D eigenvalue weighted by Gasteiger charge is 2.49. The Morgan fingerprint density at radius 1 is 1.21 bits per heavy atom. The van der Waals surface area contributed by atoms with Gasteiger partial charge in [-0.05, 0) is 74.6 Å². The van der Waals surface area contributed by atoms with Gasteiger partial charge in [-0.25, -0.2) is 4.39 Å². The zero-order valence-corrected chi connectivity index (χ0v) is 19.5. The molecular weight excluding hydrogens is 443 g/mol. The van der Waals surface area contributed by atoms with E-state index < -0.39 is 22.1 Å². The second-order valence-corrected chi connectivity index (χ2v) is 11.2. The third-order valence-electron chi connectivity index (χ3n) is 7.14. The number of ether oxygens (including phenoxy) is 1. The second kappa shape index (κ2) is 8.60. The number of phenolic OH excluding ortho intramolecular Hbond substituents is 1. The van der Waals surface area contributed by atoms with Crippen LogP contribution in [-0.2, 0) is 11.3 Å². The van der Waals surface area contributed by atoms with Gasteiger partial charge in [0.15, 0.2) is 0 Å². The molecule has 1 unspecified atom stereocenters. The van der Waals surface area contributed by atoms with Crippen molar-refractivity contribution >= 4 is 16.5 Å². The molecule has 3 aliphatic heterocycles. The molecule has 5 rings (SSSR count). The van der Waals surface area contributed by atoms with Gasteiger partial charge in [0.05, 0.1) is 17.3 Å². The molecule has 3 heterocycles. The van der Waals surface area contributed by atoms with Crippen LogP contribution in [0.5, 0.6) is 5.75 Å². The van der Waals surface area contributed by atoms with Crippen molar-refractivity contribution in [2.45, 2.75) is 56.8 Å². The van der Waals surface area contributed by atoms with Gasteiger partial charge < -0.3 is 9.84 Å². The lowest BCUT2D eigenvalue weighted by Gasteiger charge is -2.52. The molecule has 0 bridgehead atoms. The van der Waals surface area contributed by atoms with Crippen LogP contribution < -0.4 is 4.31 Å². The Labute approximate surface area is 195 Å². The number of hydrogen-bond acceptors (Lipinski definition) is 6. The van der Waals surface area contributed by atoms with Crippen molar-refractivity contribution in [1.29, 1.82) is 0 Å². The van der Waals surface area contributed by atoms with Crippen molar-refractivity contribution in [3.63, 3.8) is 0 Å². The smallest absolute Gasteiger partial charge is 0.125 e.